The topological polar surface area (TPSA) is 91.3 Å². The molecule has 0 unspecified atom stereocenters. The van der Waals surface area contributed by atoms with Crippen molar-refractivity contribution in [3.63, 3.8) is 0 Å². The first kappa shape index (κ1) is 16.7. The Bertz CT molecular complexity index is 994. The predicted octanol–water partition coefficient (Wildman–Crippen LogP) is 3.69. The minimum Gasteiger partial charge on any atom is -0.507 e. The molecule has 0 saturated heterocycles. The molecule has 0 saturated carbocycles. The van der Waals surface area contributed by atoms with Crippen molar-refractivity contribution in [3.8, 4) is 5.75 Å². The highest BCUT2D eigenvalue weighted by Crippen LogP contribution is 2.26. The van der Waals surface area contributed by atoms with Crippen molar-refractivity contribution in [2.24, 2.45) is 0 Å². The lowest BCUT2D eigenvalue weighted by Crippen LogP contribution is -2.13. The highest BCUT2D eigenvalue weighted by Gasteiger charge is 2.13. The SMILES string of the molecule is C=CC(=O)Nc1ccc(O)c(C(=O)Nc2ccc3nc(C)sc3c2)c1. The molecule has 2 amide bonds. The van der Waals surface area contributed by atoms with Crippen molar-refractivity contribution in [2.45, 2.75) is 6.92 Å². The summed E-state index contributed by atoms with van der Waals surface area (Å²) in [5.74, 6) is -1.06. The average molecular weight is 353 g/mol. The normalized spacial score (nSPS) is 10.4. The summed E-state index contributed by atoms with van der Waals surface area (Å²) in [4.78, 5) is 28.2. The van der Waals surface area contributed by atoms with Gasteiger partial charge in [-0.3, -0.25) is 9.59 Å². The Morgan fingerprint density at radius 2 is 1.88 bits per heavy atom. The van der Waals surface area contributed by atoms with Gasteiger partial charge < -0.3 is 15.7 Å². The number of aryl methyl sites for hydroxylation is 1. The van der Waals surface area contributed by atoms with Gasteiger partial charge in [0.2, 0.25) is 5.91 Å². The maximum Gasteiger partial charge on any atom is 0.259 e. The number of phenols is 1. The number of aromatic hydroxyl groups is 1. The lowest BCUT2D eigenvalue weighted by atomic mass is 10.1. The van der Waals surface area contributed by atoms with Crippen molar-refractivity contribution < 1.29 is 14.7 Å². The van der Waals surface area contributed by atoms with Gasteiger partial charge in [-0.2, -0.15) is 0 Å². The smallest absolute Gasteiger partial charge is 0.259 e. The van der Waals surface area contributed by atoms with E-state index in [9.17, 15) is 14.7 Å². The second-order valence-electron chi connectivity index (χ2n) is 5.29. The van der Waals surface area contributed by atoms with E-state index >= 15 is 0 Å². The molecule has 1 aromatic heterocycles. The van der Waals surface area contributed by atoms with Crippen LogP contribution in [0.1, 0.15) is 15.4 Å². The molecular formula is C18H15N3O3S. The van der Waals surface area contributed by atoms with Crippen LogP contribution in [0.25, 0.3) is 10.2 Å². The Balaban J connectivity index is 1.84. The average Bonchev–Trinajstić information content (AvgIpc) is 2.95. The molecule has 126 valence electrons. The van der Waals surface area contributed by atoms with E-state index in [0.29, 0.717) is 11.4 Å². The molecule has 0 fully saturated rings. The zero-order chi connectivity index (χ0) is 18.0. The first-order chi connectivity index (χ1) is 12.0. The monoisotopic (exact) mass is 353 g/mol. The van der Waals surface area contributed by atoms with Crippen LogP contribution in [0, 0.1) is 6.92 Å². The van der Waals surface area contributed by atoms with Crippen LogP contribution in [0.5, 0.6) is 5.75 Å². The van der Waals surface area contributed by atoms with Crippen molar-refractivity contribution >= 4 is 44.7 Å². The first-order valence-corrected chi connectivity index (χ1v) is 8.23. The Morgan fingerprint density at radius 1 is 1.16 bits per heavy atom. The zero-order valence-electron chi connectivity index (χ0n) is 13.4. The number of amides is 2. The van der Waals surface area contributed by atoms with Gasteiger partial charge in [0.1, 0.15) is 5.75 Å². The molecule has 0 aliphatic heterocycles. The molecule has 7 heteroatoms. The number of carbonyl (C=O) groups excluding carboxylic acids is 2. The molecule has 3 rings (SSSR count). The molecule has 0 radical (unpaired) electrons. The van der Waals surface area contributed by atoms with E-state index in [0.717, 1.165) is 21.3 Å². The molecule has 1 heterocycles. The number of anilines is 2. The van der Waals surface area contributed by atoms with Crippen LogP contribution in [-0.2, 0) is 4.79 Å². The number of thiazole rings is 1. The predicted molar refractivity (Wildman–Crippen MR) is 99.2 cm³/mol. The molecule has 0 atom stereocenters. The Kier molecular flexibility index (Phi) is 4.49. The van der Waals surface area contributed by atoms with E-state index in [1.165, 1.54) is 29.5 Å². The van der Waals surface area contributed by atoms with Crippen LogP contribution < -0.4 is 10.6 Å². The van der Waals surface area contributed by atoms with Crippen molar-refractivity contribution in [2.75, 3.05) is 10.6 Å². The summed E-state index contributed by atoms with van der Waals surface area (Å²) < 4.78 is 0.964. The van der Waals surface area contributed by atoms with E-state index in [1.807, 2.05) is 19.1 Å². The summed E-state index contributed by atoms with van der Waals surface area (Å²) in [6, 6.07) is 9.66. The third-order valence-corrected chi connectivity index (χ3v) is 4.38. The molecule has 0 aliphatic carbocycles. The number of phenolic OH excluding ortho intramolecular Hbond substituents is 1. The summed E-state index contributed by atoms with van der Waals surface area (Å²) in [5.41, 5.74) is 1.92. The maximum atomic E-state index is 12.5. The van der Waals surface area contributed by atoms with Gasteiger partial charge in [-0.05, 0) is 49.4 Å². The third-order valence-electron chi connectivity index (χ3n) is 3.45. The summed E-state index contributed by atoms with van der Waals surface area (Å²) in [6.45, 7) is 5.29. The summed E-state index contributed by atoms with van der Waals surface area (Å²) >= 11 is 1.54. The fraction of sp³-hybridized carbons (Fsp3) is 0.0556. The Morgan fingerprint density at radius 3 is 2.64 bits per heavy atom. The lowest BCUT2D eigenvalue weighted by Gasteiger charge is -2.09. The fourth-order valence-electron chi connectivity index (χ4n) is 2.30. The molecular weight excluding hydrogens is 338 g/mol. The van der Waals surface area contributed by atoms with Crippen molar-refractivity contribution in [1.29, 1.82) is 0 Å². The fourth-order valence-corrected chi connectivity index (χ4v) is 3.17. The zero-order valence-corrected chi connectivity index (χ0v) is 14.2. The van der Waals surface area contributed by atoms with E-state index < -0.39 is 11.8 Å². The Hall–Kier alpha value is -3.19. The van der Waals surface area contributed by atoms with E-state index in [1.54, 1.807) is 6.07 Å². The lowest BCUT2D eigenvalue weighted by molar-refractivity contribution is -0.111. The van der Waals surface area contributed by atoms with Gasteiger partial charge in [-0.15, -0.1) is 11.3 Å². The van der Waals surface area contributed by atoms with Crippen LogP contribution in [0.15, 0.2) is 49.1 Å². The largest absolute Gasteiger partial charge is 0.507 e. The minimum absolute atomic E-state index is 0.0578. The summed E-state index contributed by atoms with van der Waals surface area (Å²) in [7, 11) is 0. The molecule has 0 spiro atoms. The molecule has 6 nitrogen and oxygen atoms in total. The maximum absolute atomic E-state index is 12.5. The van der Waals surface area contributed by atoms with Crippen LogP contribution in [-0.4, -0.2) is 21.9 Å². The number of rotatable bonds is 4. The number of hydrogen-bond donors (Lipinski definition) is 3. The molecule has 2 aromatic carbocycles. The van der Waals surface area contributed by atoms with Crippen LogP contribution in [0.4, 0.5) is 11.4 Å². The highest BCUT2D eigenvalue weighted by molar-refractivity contribution is 7.18. The second-order valence-corrected chi connectivity index (χ2v) is 6.53. The Labute approximate surface area is 147 Å². The molecule has 25 heavy (non-hydrogen) atoms. The highest BCUT2D eigenvalue weighted by atomic mass is 32.1. The van der Waals surface area contributed by atoms with Gasteiger partial charge in [0.05, 0.1) is 20.8 Å². The molecule has 3 N–H and O–H groups in total. The van der Waals surface area contributed by atoms with Crippen molar-refractivity contribution in [1.82, 2.24) is 4.98 Å². The summed E-state index contributed by atoms with van der Waals surface area (Å²) in [6.07, 6.45) is 1.12. The minimum atomic E-state index is -0.479. The molecule has 3 aromatic rings. The van der Waals surface area contributed by atoms with E-state index in [-0.39, 0.29) is 11.3 Å². The number of nitrogens with zero attached hydrogens (tertiary/aromatic N) is 1. The van der Waals surface area contributed by atoms with Gasteiger partial charge in [0, 0.05) is 11.4 Å². The number of nitrogens with one attached hydrogen (secondary N) is 2. The standard InChI is InChI=1S/C18H15N3O3S/c1-3-17(23)20-11-5-7-15(22)13(8-11)18(24)21-12-4-6-14-16(9-12)25-10(2)19-14/h3-9,22H,1H2,2H3,(H,20,23)(H,21,24). The van der Waals surface area contributed by atoms with Crippen molar-refractivity contribution in [3.05, 3.63) is 59.6 Å². The number of benzene rings is 2. The van der Waals surface area contributed by atoms with E-state index in [2.05, 4.69) is 22.2 Å². The number of carbonyl (C=O) groups is 2. The van der Waals surface area contributed by atoms with E-state index in [4.69, 9.17) is 0 Å². The second kappa shape index (κ2) is 6.74. The summed E-state index contributed by atoms with van der Waals surface area (Å²) in [5, 5.41) is 16.2. The molecule has 0 bridgehead atoms. The van der Waals surface area contributed by atoms with Crippen LogP contribution >= 0.6 is 11.3 Å². The first-order valence-electron chi connectivity index (χ1n) is 7.41. The van der Waals surface area contributed by atoms with Gasteiger partial charge in [-0.25, -0.2) is 4.98 Å². The number of hydrogen-bond acceptors (Lipinski definition) is 5. The van der Waals surface area contributed by atoms with Crippen LogP contribution in [0.3, 0.4) is 0 Å². The quantitative estimate of drug-likeness (QED) is 0.493. The van der Waals surface area contributed by atoms with Crippen LogP contribution in [0.2, 0.25) is 0 Å². The van der Waals surface area contributed by atoms with Gasteiger partial charge in [0.25, 0.3) is 5.91 Å². The van der Waals surface area contributed by atoms with Gasteiger partial charge in [-0.1, -0.05) is 6.58 Å². The molecule has 0 aliphatic rings. The number of fused-ring (bicyclic) bond motifs is 1. The number of aromatic nitrogens is 1. The van der Waals surface area contributed by atoms with Gasteiger partial charge in [0.15, 0.2) is 0 Å². The third kappa shape index (κ3) is 3.67. The van der Waals surface area contributed by atoms with Gasteiger partial charge >= 0.3 is 0 Å².